The maximum atomic E-state index is 11.6. The van der Waals surface area contributed by atoms with Gasteiger partial charge in [0.2, 0.25) is 10.0 Å². The highest BCUT2D eigenvalue weighted by Crippen LogP contribution is 2.07. The molecule has 1 aromatic rings. The van der Waals surface area contributed by atoms with E-state index in [1.165, 1.54) is 0 Å². The monoisotopic (exact) mass is 243 g/mol. The molecule has 1 aromatic carbocycles. The summed E-state index contributed by atoms with van der Waals surface area (Å²) in [6.45, 7) is 3.95. The highest BCUT2D eigenvalue weighted by Gasteiger charge is 2.10. The van der Waals surface area contributed by atoms with E-state index in [4.69, 9.17) is 4.74 Å². The normalized spacial score (nSPS) is 11.7. The number of nitrogens with one attached hydrogen (secondary N) is 1. The highest BCUT2D eigenvalue weighted by atomic mass is 32.2. The molecule has 0 unspecified atom stereocenters. The molecule has 0 atom stereocenters. The minimum atomic E-state index is -3.31. The van der Waals surface area contributed by atoms with E-state index in [-0.39, 0.29) is 18.5 Å². The Morgan fingerprint density at radius 3 is 2.44 bits per heavy atom. The summed E-state index contributed by atoms with van der Waals surface area (Å²) in [4.78, 5) is 0. The van der Waals surface area contributed by atoms with Gasteiger partial charge >= 0.3 is 0 Å². The van der Waals surface area contributed by atoms with E-state index in [0.29, 0.717) is 5.69 Å². The van der Waals surface area contributed by atoms with E-state index < -0.39 is 10.0 Å². The molecule has 0 aromatic heterocycles. The van der Waals surface area contributed by atoms with E-state index in [0.717, 1.165) is 0 Å². The number of rotatable bonds is 6. The van der Waals surface area contributed by atoms with Crippen LogP contribution < -0.4 is 4.72 Å². The number of sulfonamides is 1. The number of hydrogen-bond donors (Lipinski definition) is 1. The second-order valence-corrected chi connectivity index (χ2v) is 5.55. The third kappa shape index (κ3) is 5.14. The second kappa shape index (κ2) is 5.86. The molecule has 0 aliphatic rings. The highest BCUT2D eigenvalue weighted by molar-refractivity contribution is 7.92. The molecule has 5 heteroatoms. The summed E-state index contributed by atoms with van der Waals surface area (Å²) in [5, 5.41) is 0. The molecule has 0 aliphatic carbocycles. The van der Waals surface area contributed by atoms with Crippen LogP contribution in [0.3, 0.4) is 0 Å². The molecule has 0 aliphatic heterocycles. The van der Waals surface area contributed by atoms with Gasteiger partial charge in [0.05, 0.1) is 18.5 Å². The molecule has 4 nitrogen and oxygen atoms in total. The van der Waals surface area contributed by atoms with Crippen LogP contribution in [0.5, 0.6) is 0 Å². The van der Waals surface area contributed by atoms with Gasteiger partial charge in [0.15, 0.2) is 0 Å². The zero-order chi connectivity index (χ0) is 12.0. The number of hydrogen-bond acceptors (Lipinski definition) is 3. The van der Waals surface area contributed by atoms with Crippen LogP contribution in [0, 0.1) is 0 Å². The Kier molecular flexibility index (Phi) is 4.76. The van der Waals surface area contributed by atoms with Gasteiger partial charge in [-0.25, -0.2) is 8.42 Å². The van der Waals surface area contributed by atoms with E-state index >= 15 is 0 Å². The Hall–Kier alpha value is -1.07. The van der Waals surface area contributed by atoms with Crippen molar-refractivity contribution in [2.75, 3.05) is 17.1 Å². The summed E-state index contributed by atoms with van der Waals surface area (Å²) in [6.07, 6.45) is 0.0481. The van der Waals surface area contributed by atoms with Gasteiger partial charge in [-0.1, -0.05) is 18.2 Å². The first-order valence-electron chi connectivity index (χ1n) is 5.17. The summed E-state index contributed by atoms with van der Waals surface area (Å²) in [5.41, 5.74) is 0.576. The summed E-state index contributed by atoms with van der Waals surface area (Å²) in [6, 6.07) is 8.81. The lowest BCUT2D eigenvalue weighted by atomic mass is 10.3. The van der Waals surface area contributed by atoms with Crippen molar-refractivity contribution in [3.8, 4) is 0 Å². The van der Waals surface area contributed by atoms with Crippen LogP contribution in [0.15, 0.2) is 30.3 Å². The molecule has 0 radical (unpaired) electrons. The average Bonchev–Trinajstić information content (AvgIpc) is 2.17. The molecule has 0 heterocycles. The van der Waals surface area contributed by atoms with Gasteiger partial charge in [-0.2, -0.15) is 0 Å². The Labute approximate surface area is 96.7 Å². The first-order chi connectivity index (χ1) is 7.49. The van der Waals surface area contributed by atoms with Gasteiger partial charge < -0.3 is 4.74 Å². The van der Waals surface area contributed by atoms with Gasteiger partial charge in [-0.05, 0) is 26.0 Å². The zero-order valence-corrected chi connectivity index (χ0v) is 10.3. The summed E-state index contributed by atoms with van der Waals surface area (Å²) >= 11 is 0. The predicted octanol–water partition coefficient (Wildman–Crippen LogP) is 1.85. The van der Waals surface area contributed by atoms with Crippen molar-refractivity contribution in [2.45, 2.75) is 20.0 Å². The van der Waals surface area contributed by atoms with Crippen LogP contribution in [0.25, 0.3) is 0 Å². The minimum absolute atomic E-state index is 0.0277. The van der Waals surface area contributed by atoms with E-state index in [2.05, 4.69) is 4.72 Å². The van der Waals surface area contributed by atoms with Crippen LogP contribution in [0.1, 0.15) is 13.8 Å². The standard InChI is InChI=1S/C11H17NO3S/c1-10(2)15-8-9-16(13,14)12-11-6-4-3-5-7-11/h3-7,10,12H,8-9H2,1-2H3. The lowest BCUT2D eigenvalue weighted by molar-refractivity contribution is 0.0913. The van der Waals surface area contributed by atoms with E-state index in [9.17, 15) is 8.42 Å². The number of ether oxygens (including phenoxy) is 1. The molecule has 0 bridgehead atoms. The van der Waals surface area contributed by atoms with Gasteiger partial charge in [-0.15, -0.1) is 0 Å². The maximum absolute atomic E-state index is 11.6. The molecule has 90 valence electrons. The summed E-state index contributed by atoms with van der Waals surface area (Å²) in [5.74, 6) is -0.0277. The lowest BCUT2D eigenvalue weighted by Crippen LogP contribution is -2.21. The van der Waals surface area contributed by atoms with Crippen molar-refractivity contribution in [2.24, 2.45) is 0 Å². The molecule has 1 rings (SSSR count). The number of anilines is 1. The number of benzene rings is 1. The van der Waals surface area contributed by atoms with Gasteiger partial charge in [0, 0.05) is 5.69 Å². The fourth-order valence-electron chi connectivity index (χ4n) is 1.13. The van der Waals surface area contributed by atoms with Crippen LogP contribution in [0.4, 0.5) is 5.69 Å². The van der Waals surface area contributed by atoms with Crippen molar-refractivity contribution in [1.82, 2.24) is 0 Å². The van der Waals surface area contributed by atoms with Crippen molar-refractivity contribution < 1.29 is 13.2 Å². The molecule has 0 saturated carbocycles. The Balaban J connectivity index is 2.46. The third-order valence-electron chi connectivity index (χ3n) is 1.85. The predicted molar refractivity (Wildman–Crippen MR) is 64.9 cm³/mol. The molecule has 1 N–H and O–H groups in total. The van der Waals surface area contributed by atoms with Gasteiger partial charge in [-0.3, -0.25) is 4.72 Å². The largest absolute Gasteiger partial charge is 0.378 e. The lowest BCUT2D eigenvalue weighted by Gasteiger charge is -2.09. The molecular formula is C11H17NO3S. The quantitative estimate of drug-likeness (QED) is 0.829. The molecule has 0 saturated heterocycles. The van der Waals surface area contributed by atoms with E-state index in [1.54, 1.807) is 24.3 Å². The Morgan fingerprint density at radius 1 is 1.25 bits per heavy atom. The first-order valence-corrected chi connectivity index (χ1v) is 6.82. The van der Waals surface area contributed by atoms with Crippen molar-refractivity contribution >= 4 is 15.7 Å². The van der Waals surface area contributed by atoms with Crippen molar-refractivity contribution in [3.05, 3.63) is 30.3 Å². The smallest absolute Gasteiger partial charge is 0.234 e. The zero-order valence-electron chi connectivity index (χ0n) is 9.51. The minimum Gasteiger partial charge on any atom is -0.378 e. The number of para-hydroxylation sites is 1. The molecule has 0 fully saturated rings. The van der Waals surface area contributed by atoms with Crippen molar-refractivity contribution in [1.29, 1.82) is 0 Å². The fourth-order valence-corrected chi connectivity index (χ4v) is 2.04. The SMILES string of the molecule is CC(C)OCCS(=O)(=O)Nc1ccccc1. The summed E-state index contributed by atoms with van der Waals surface area (Å²) < 4.78 is 30.9. The maximum Gasteiger partial charge on any atom is 0.234 e. The average molecular weight is 243 g/mol. The van der Waals surface area contributed by atoms with Gasteiger partial charge in [0.1, 0.15) is 0 Å². The van der Waals surface area contributed by atoms with Crippen LogP contribution >= 0.6 is 0 Å². The summed E-state index contributed by atoms with van der Waals surface area (Å²) in [7, 11) is -3.31. The molecular weight excluding hydrogens is 226 g/mol. The Bertz CT molecular complexity index is 400. The van der Waals surface area contributed by atoms with Gasteiger partial charge in [0.25, 0.3) is 0 Å². The molecule has 0 amide bonds. The molecule has 16 heavy (non-hydrogen) atoms. The van der Waals surface area contributed by atoms with Crippen LogP contribution in [0.2, 0.25) is 0 Å². The Morgan fingerprint density at radius 2 is 1.88 bits per heavy atom. The third-order valence-corrected chi connectivity index (χ3v) is 3.10. The van der Waals surface area contributed by atoms with E-state index in [1.807, 2.05) is 19.9 Å². The first kappa shape index (κ1) is 13.0. The van der Waals surface area contributed by atoms with Crippen LogP contribution in [-0.4, -0.2) is 26.9 Å². The fraction of sp³-hybridized carbons (Fsp3) is 0.455. The molecule has 0 spiro atoms. The van der Waals surface area contributed by atoms with Crippen LogP contribution in [-0.2, 0) is 14.8 Å². The topological polar surface area (TPSA) is 55.4 Å². The van der Waals surface area contributed by atoms with Crippen molar-refractivity contribution in [3.63, 3.8) is 0 Å². The second-order valence-electron chi connectivity index (χ2n) is 3.71.